The Kier molecular flexibility index (Phi) is 3.60. The number of imide groups is 1. The number of thioether (sulfide) groups is 1. The molecule has 1 aromatic carbocycles. The normalized spacial score (nSPS) is 12.9. The average Bonchev–Trinajstić information content (AvgIpc) is 2.81. The number of hydrogen-bond acceptors (Lipinski definition) is 7. The van der Waals surface area contributed by atoms with Crippen molar-refractivity contribution in [3.05, 3.63) is 55.9 Å². The van der Waals surface area contributed by atoms with Crippen LogP contribution in [0.1, 0.15) is 20.7 Å². The molecule has 2 aromatic rings. The number of nitro groups is 1. The number of carbonyl (C=O) groups excluding carboxylic acids is 2. The minimum Gasteiger partial charge on any atom is -0.384 e. The number of aromatic nitrogens is 1. The summed E-state index contributed by atoms with van der Waals surface area (Å²) in [4.78, 5) is 47.2. The molecule has 9 nitrogen and oxygen atoms in total. The fraction of sp³-hybridized carbons (Fsp3) is 0.0714. The Bertz CT molecular complexity index is 982. The first-order chi connectivity index (χ1) is 11.3. The van der Waals surface area contributed by atoms with Crippen molar-refractivity contribution >= 4 is 35.1 Å². The van der Waals surface area contributed by atoms with Crippen LogP contribution in [-0.4, -0.2) is 27.6 Å². The van der Waals surface area contributed by atoms with Crippen molar-refractivity contribution in [1.82, 2.24) is 9.88 Å². The van der Waals surface area contributed by atoms with E-state index in [2.05, 4.69) is 0 Å². The summed E-state index contributed by atoms with van der Waals surface area (Å²) >= 11 is 1.30. The lowest BCUT2D eigenvalue weighted by Gasteiger charge is -2.12. The summed E-state index contributed by atoms with van der Waals surface area (Å²) in [5.74, 6) is -1.79. The van der Waals surface area contributed by atoms with Crippen molar-refractivity contribution in [2.45, 2.75) is 4.90 Å². The first kappa shape index (κ1) is 15.7. The van der Waals surface area contributed by atoms with E-state index in [9.17, 15) is 24.5 Å². The third kappa shape index (κ3) is 2.24. The zero-order valence-electron chi connectivity index (χ0n) is 12.2. The lowest BCUT2D eigenvalue weighted by molar-refractivity contribution is -0.384. The zero-order chi connectivity index (χ0) is 17.6. The van der Waals surface area contributed by atoms with Gasteiger partial charge < -0.3 is 5.73 Å². The predicted octanol–water partition coefficient (Wildman–Crippen LogP) is 0.933. The molecule has 0 atom stereocenters. The Hall–Kier alpha value is -3.14. The second kappa shape index (κ2) is 5.49. The summed E-state index contributed by atoms with van der Waals surface area (Å²) in [5.41, 5.74) is 4.43. The van der Waals surface area contributed by atoms with Crippen molar-refractivity contribution in [2.24, 2.45) is 0 Å². The Morgan fingerprint density at radius 3 is 2.54 bits per heavy atom. The topological polar surface area (TPSA) is 137 Å². The van der Waals surface area contributed by atoms with E-state index in [4.69, 9.17) is 5.73 Å². The van der Waals surface area contributed by atoms with Gasteiger partial charge in [0.15, 0.2) is 0 Å². The monoisotopic (exact) mass is 346 g/mol. The standard InChI is InChI=1S/C14H10N4O5S/c1-24-6-2-3-8(9(4-6)18(22)23)17-10(19)5-7-11(12(17)15)14(21)16-13(7)20/h2-5H,15H2,1H3,(H,16,20,21). The second-order valence-electron chi connectivity index (χ2n) is 4.89. The van der Waals surface area contributed by atoms with Gasteiger partial charge in [0, 0.05) is 17.0 Å². The highest BCUT2D eigenvalue weighted by molar-refractivity contribution is 7.98. The predicted molar refractivity (Wildman–Crippen MR) is 86.7 cm³/mol. The minimum absolute atomic E-state index is 0.0738. The maximum Gasteiger partial charge on any atom is 0.294 e. The number of nitrogens with zero attached hydrogens (tertiary/aromatic N) is 2. The molecule has 24 heavy (non-hydrogen) atoms. The molecule has 122 valence electrons. The number of nitrogen functional groups attached to an aromatic ring is 1. The van der Waals surface area contributed by atoms with Gasteiger partial charge in [-0.1, -0.05) is 0 Å². The van der Waals surface area contributed by atoms with E-state index in [-0.39, 0.29) is 28.3 Å². The number of benzene rings is 1. The van der Waals surface area contributed by atoms with E-state index in [0.717, 1.165) is 10.6 Å². The molecule has 0 bridgehead atoms. The molecule has 10 heteroatoms. The zero-order valence-corrected chi connectivity index (χ0v) is 13.0. The average molecular weight is 346 g/mol. The van der Waals surface area contributed by atoms with Gasteiger partial charge in [0.1, 0.15) is 11.5 Å². The lowest BCUT2D eigenvalue weighted by Crippen LogP contribution is -2.24. The Morgan fingerprint density at radius 1 is 1.21 bits per heavy atom. The fourth-order valence-corrected chi connectivity index (χ4v) is 2.93. The quantitative estimate of drug-likeness (QED) is 0.365. The number of fused-ring (bicyclic) bond motifs is 1. The Balaban J connectivity index is 2.35. The number of nitro benzene ring substituents is 1. The molecule has 1 aliphatic rings. The van der Waals surface area contributed by atoms with Gasteiger partial charge in [-0.2, -0.15) is 0 Å². The third-order valence-corrected chi connectivity index (χ3v) is 4.30. The van der Waals surface area contributed by atoms with Gasteiger partial charge in [0.25, 0.3) is 23.1 Å². The number of amides is 2. The van der Waals surface area contributed by atoms with Gasteiger partial charge in [-0.15, -0.1) is 11.8 Å². The SMILES string of the molecule is CSc1ccc(-n2c(N)c3c(cc2=O)C(=O)NC3=O)c([N+](=O)[O-])c1. The highest BCUT2D eigenvalue weighted by atomic mass is 32.2. The number of hydrogen-bond donors (Lipinski definition) is 2. The van der Waals surface area contributed by atoms with Crippen LogP contribution in [0, 0.1) is 10.1 Å². The van der Waals surface area contributed by atoms with E-state index in [1.54, 1.807) is 12.3 Å². The number of rotatable bonds is 3. The van der Waals surface area contributed by atoms with Crippen molar-refractivity contribution in [3.63, 3.8) is 0 Å². The number of pyridine rings is 1. The van der Waals surface area contributed by atoms with Crippen molar-refractivity contribution < 1.29 is 14.5 Å². The molecule has 3 rings (SSSR count). The highest BCUT2D eigenvalue weighted by Gasteiger charge is 2.33. The summed E-state index contributed by atoms with van der Waals surface area (Å²) in [7, 11) is 0. The number of anilines is 1. The number of nitrogens with two attached hydrogens (primary N) is 1. The molecule has 2 amide bonds. The maximum absolute atomic E-state index is 12.3. The molecule has 0 unspecified atom stereocenters. The molecule has 0 aliphatic carbocycles. The molecule has 3 N–H and O–H groups in total. The summed E-state index contributed by atoms with van der Waals surface area (Å²) in [6, 6.07) is 5.22. The fourth-order valence-electron chi connectivity index (χ4n) is 2.49. The van der Waals surface area contributed by atoms with Gasteiger partial charge in [0.05, 0.1) is 16.1 Å². The Morgan fingerprint density at radius 2 is 1.92 bits per heavy atom. The minimum atomic E-state index is -0.746. The van der Waals surface area contributed by atoms with Crippen LogP contribution in [0.25, 0.3) is 5.69 Å². The van der Waals surface area contributed by atoms with E-state index in [1.807, 2.05) is 5.32 Å². The van der Waals surface area contributed by atoms with E-state index >= 15 is 0 Å². The Labute approximate surface area is 138 Å². The van der Waals surface area contributed by atoms with Crippen LogP contribution in [0.3, 0.4) is 0 Å². The first-order valence-electron chi connectivity index (χ1n) is 6.59. The highest BCUT2D eigenvalue weighted by Crippen LogP contribution is 2.30. The third-order valence-electron chi connectivity index (χ3n) is 3.57. The van der Waals surface area contributed by atoms with Gasteiger partial charge >= 0.3 is 0 Å². The molecule has 1 aromatic heterocycles. The molecular weight excluding hydrogens is 336 g/mol. The van der Waals surface area contributed by atoms with E-state index in [0.29, 0.717) is 4.90 Å². The van der Waals surface area contributed by atoms with Crippen LogP contribution in [-0.2, 0) is 0 Å². The molecule has 0 radical (unpaired) electrons. The number of carbonyl (C=O) groups is 2. The number of nitrogens with one attached hydrogen (secondary N) is 1. The van der Waals surface area contributed by atoms with Crippen molar-refractivity contribution in [2.75, 3.05) is 12.0 Å². The van der Waals surface area contributed by atoms with Crippen LogP contribution in [0.4, 0.5) is 11.5 Å². The van der Waals surface area contributed by atoms with Crippen molar-refractivity contribution in [3.8, 4) is 5.69 Å². The molecule has 1 aliphatic heterocycles. The summed E-state index contributed by atoms with van der Waals surface area (Å²) in [6.45, 7) is 0. The van der Waals surface area contributed by atoms with Gasteiger partial charge in [-0.05, 0) is 18.4 Å². The molecule has 2 heterocycles. The molecule has 0 saturated carbocycles. The van der Waals surface area contributed by atoms with Gasteiger partial charge in [-0.3, -0.25) is 34.4 Å². The molecule has 0 spiro atoms. The largest absolute Gasteiger partial charge is 0.384 e. The van der Waals surface area contributed by atoms with Crippen LogP contribution in [0.5, 0.6) is 0 Å². The summed E-state index contributed by atoms with van der Waals surface area (Å²) in [5, 5.41) is 13.4. The van der Waals surface area contributed by atoms with Gasteiger partial charge in [0.2, 0.25) is 0 Å². The second-order valence-corrected chi connectivity index (χ2v) is 5.77. The summed E-state index contributed by atoms with van der Waals surface area (Å²) in [6.07, 6.45) is 1.75. The maximum atomic E-state index is 12.3. The van der Waals surface area contributed by atoms with Crippen LogP contribution >= 0.6 is 11.8 Å². The van der Waals surface area contributed by atoms with Gasteiger partial charge in [-0.25, -0.2) is 0 Å². The molecule has 0 fully saturated rings. The molecular formula is C14H10N4O5S. The van der Waals surface area contributed by atoms with Crippen molar-refractivity contribution in [1.29, 1.82) is 0 Å². The van der Waals surface area contributed by atoms with Crippen LogP contribution in [0.15, 0.2) is 34.0 Å². The lowest BCUT2D eigenvalue weighted by atomic mass is 10.1. The van der Waals surface area contributed by atoms with Crippen LogP contribution in [0.2, 0.25) is 0 Å². The first-order valence-corrected chi connectivity index (χ1v) is 7.81. The van der Waals surface area contributed by atoms with E-state index < -0.39 is 22.3 Å². The summed E-state index contributed by atoms with van der Waals surface area (Å²) < 4.78 is 0.860. The molecule has 0 saturated heterocycles. The van der Waals surface area contributed by atoms with E-state index in [1.165, 1.54) is 23.9 Å². The van der Waals surface area contributed by atoms with Crippen LogP contribution < -0.4 is 16.6 Å². The smallest absolute Gasteiger partial charge is 0.294 e.